The summed E-state index contributed by atoms with van der Waals surface area (Å²) in [5.41, 5.74) is 1.69. The van der Waals surface area contributed by atoms with Gasteiger partial charge in [-0.25, -0.2) is 0 Å². The number of methoxy groups -OCH3 is 1. The third-order valence-electron chi connectivity index (χ3n) is 3.14. The van der Waals surface area contributed by atoms with E-state index in [9.17, 15) is 4.79 Å². The van der Waals surface area contributed by atoms with Crippen molar-refractivity contribution in [3.8, 4) is 17.1 Å². The van der Waals surface area contributed by atoms with Gasteiger partial charge in [0.15, 0.2) is 0 Å². The number of nitrogens with one attached hydrogen (secondary N) is 2. The zero-order chi connectivity index (χ0) is 16.2. The fourth-order valence-corrected chi connectivity index (χ4v) is 2.28. The van der Waals surface area contributed by atoms with Crippen LogP contribution in [0.15, 0.2) is 42.5 Å². The number of carbonyl (C=O) groups is 1. The average molecular weight is 330 g/mol. The minimum Gasteiger partial charge on any atom is -0.497 e. The number of hydrogen-bond donors (Lipinski definition) is 2. The molecule has 0 fully saturated rings. The van der Waals surface area contributed by atoms with Gasteiger partial charge in [0.2, 0.25) is 5.82 Å². The maximum atomic E-state index is 12.3. The van der Waals surface area contributed by atoms with E-state index in [0.29, 0.717) is 27.8 Å². The minimum absolute atomic E-state index is 0.316. The second-order valence-corrected chi connectivity index (χ2v) is 5.02. The molecule has 0 aliphatic carbocycles. The number of halogens is 1. The predicted molar refractivity (Wildman–Crippen MR) is 85.6 cm³/mol. The number of aromatic amines is 1. The Kier molecular flexibility index (Phi) is 4.20. The summed E-state index contributed by atoms with van der Waals surface area (Å²) in [5, 5.41) is 16.8. The van der Waals surface area contributed by atoms with E-state index in [1.807, 2.05) is 6.07 Å². The van der Waals surface area contributed by atoms with Gasteiger partial charge < -0.3 is 10.1 Å². The summed E-state index contributed by atoms with van der Waals surface area (Å²) in [6.45, 7) is 0. The van der Waals surface area contributed by atoms with Crippen molar-refractivity contribution in [1.82, 2.24) is 20.6 Å². The molecule has 2 N–H and O–H groups in total. The Morgan fingerprint density at radius 1 is 1.26 bits per heavy atom. The molecule has 0 aliphatic rings. The van der Waals surface area contributed by atoms with Gasteiger partial charge in [-0.3, -0.25) is 4.79 Å². The fraction of sp³-hybridized carbons (Fsp3) is 0.0667. The van der Waals surface area contributed by atoms with Crippen LogP contribution >= 0.6 is 11.6 Å². The highest BCUT2D eigenvalue weighted by atomic mass is 35.5. The van der Waals surface area contributed by atoms with Crippen LogP contribution in [0.1, 0.15) is 10.4 Å². The molecule has 0 unspecified atom stereocenters. The van der Waals surface area contributed by atoms with Crippen molar-refractivity contribution in [2.24, 2.45) is 0 Å². The van der Waals surface area contributed by atoms with E-state index in [0.717, 1.165) is 5.56 Å². The maximum Gasteiger partial charge on any atom is 0.257 e. The highest BCUT2D eigenvalue weighted by Crippen LogP contribution is 2.24. The summed E-state index contributed by atoms with van der Waals surface area (Å²) >= 11 is 6.11. The molecule has 0 radical (unpaired) electrons. The Hall–Kier alpha value is -2.93. The molecule has 1 heterocycles. The first-order valence-electron chi connectivity index (χ1n) is 6.66. The first kappa shape index (κ1) is 15.0. The molecule has 116 valence electrons. The zero-order valence-electron chi connectivity index (χ0n) is 12.1. The van der Waals surface area contributed by atoms with Crippen LogP contribution in [-0.2, 0) is 0 Å². The van der Waals surface area contributed by atoms with Crippen molar-refractivity contribution in [3.05, 3.63) is 53.1 Å². The lowest BCUT2D eigenvalue weighted by molar-refractivity contribution is 0.102. The standard InChI is InChI=1S/C15H12ClN5O2/c1-23-11-5-6-12(13(16)8-11)15(22)17-10-4-2-3-9(7-10)14-18-20-21-19-14/h2-8H,1H3,(H,17,22)(H,18,19,20,21). The quantitative estimate of drug-likeness (QED) is 0.767. The Morgan fingerprint density at radius 2 is 2.13 bits per heavy atom. The van der Waals surface area contributed by atoms with Gasteiger partial charge in [0, 0.05) is 11.3 Å². The maximum absolute atomic E-state index is 12.3. The topological polar surface area (TPSA) is 92.8 Å². The molecule has 3 rings (SSSR count). The Bertz CT molecular complexity index is 836. The first-order chi connectivity index (χ1) is 11.2. The van der Waals surface area contributed by atoms with Crippen LogP contribution in [-0.4, -0.2) is 33.6 Å². The molecule has 2 aromatic carbocycles. The Morgan fingerprint density at radius 3 is 2.83 bits per heavy atom. The van der Waals surface area contributed by atoms with Crippen LogP contribution in [0.5, 0.6) is 5.75 Å². The molecule has 1 amide bonds. The SMILES string of the molecule is COc1ccc(C(=O)Nc2cccc(-c3nn[nH]n3)c2)c(Cl)c1. The van der Waals surface area contributed by atoms with E-state index in [4.69, 9.17) is 16.3 Å². The number of anilines is 1. The molecule has 0 saturated heterocycles. The molecule has 1 aromatic heterocycles. The summed E-state index contributed by atoms with van der Waals surface area (Å²) in [5.74, 6) is 0.720. The van der Waals surface area contributed by atoms with Gasteiger partial charge >= 0.3 is 0 Å². The zero-order valence-corrected chi connectivity index (χ0v) is 12.8. The lowest BCUT2D eigenvalue weighted by Gasteiger charge is -2.08. The summed E-state index contributed by atoms with van der Waals surface area (Å²) in [4.78, 5) is 12.3. The van der Waals surface area contributed by atoms with Crippen molar-refractivity contribution >= 4 is 23.2 Å². The van der Waals surface area contributed by atoms with E-state index in [-0.39, 0.29) is 5.91 Å². The summed E-state index contributed by atoms with van der Waals surface area (Å²) in [7, 11) is 1.54. The number of rotatable bonds is 4. The van der Waals surface area contributed by atoms with E-state index >= 15 is 0 Å². The third kappa shape index (κ3) is 3.29. The Labute approximate surface area is 136 Å². The third-order valence-corrected chi connectivity index (χ3v) is 3.46. The van der Waals surface area contributed by atoms with Gasteiger partial charge in [-0.05, 0) is 35.5 Å². The number of benzene rings is 2. The molecule has 0 saturated carbocycles. The van der Waals surface area contributed by atoms with Crippen LogP contribution in [0.3, 0.4) is 0 Å². The number of ether oxygens (including phenoxy) is 1. The lowest BCUT2D eigenvalue weighted by Crippen LogP contribution is -2.12. The molecule has 0 atom stereocenters. The van der Waals surface area contributed by atoms with Crippen molar-refractivity contribution in [2.45, 2.75) is 0 Å². The smallest absolute Gasteiger partial charge is 0.257 e. The van der Waals surface area contributed by atoms with Gasteiger partial charge in [-0.15, -0.1) is 10.2 Å². The van der Waals surface area contributed by atoms with E-state index < -0.39 is 0 Å². The number of amides is 1. The lowest BCUT2D eigenvalue weighted by atomic mass is 10.1. The van der Waals surface area contributed by atoms with Crippen LogP contribution in [0.4, 0.5) is 5.69 Å². The predicted octanol–water partition coefficient (Wildman–Crippen LogP) is 2.78. The van der Waals surface area contributed by atoms with Crippen LogP contribution in [0, 0.1) is 0 Å². The number of aromatic nitrogens is 4. The Balaban J connectivity index is 1.82. The van der Waals surface area contributed by atoms with Gasteiger partial charge in [0.05, 0.1) is 17.7 Å². The molecule has 0 aliphatic heterocycles. The minimum atomic E-state index is -0.317. The average Bonchev–Trinajstić information content (AvgIpc) is 3.09. The highest BCUT2D eigenvalue weighted by molar-refractivity contribution is 6.34. The second-order valence-electron chi connectivity index (χ2n) is 4.62. The molecule has 3 aromatic rings. The van der Waals surface area contributed by atoms with Crippen LogP contribution in [0.2, 0.25) is 5.02 Å². The molecule has 0 bridgehead atoms. The summed E-state index contributed by atoms with van der Waals surface area (Å²) in [6, 6.07) is 12.0. The van der Waals surface area contributed by atoms with Gasteiger partial charge in [-0.2, -0.15) is 5.21 Å². The van der Waals surface area contributed by atoms with E-state index in [1.54, 1.807) is 36.4 Å². The fourth-order valence-electron chi connectivity index (χ4n) is 2.03. The van der Waals surface area contributed by atoms with Crippen LogP contribution in [0.25, 0.3) is 11.4 Å². The van der Waals surface area contributed by atoms with Crippen molar-refractivity contribution in [3.63, 3.8) is 0 Å². The summed E-state index contributed by atoms with van der Waals surface area (Å²) in [6.07, 6.45) is 0. The monoisotopic (exact) mass is 329 g/mol. The van der Waals surface area contributed by atoms with Crippen molar-refractivity contribution < 1.29 is 9.53 Å². The van der Waals surface area contributed by atoms with E-state index in [1.165, 1.54) is 7.11 Å². The second kappa shape index (κ2) is 6.45. The number of hydrogen-bond acceptors (Lipinski definition) is 5. The van der Waals surface area contributed by atoms with Gasteiger partial charge in [0.1, 0.15) is 5.75 Å². The molecule has 0 spiro atoms. The van der Waals surface area contributed by atoms with Gasteiger partial charge in [-0.1, -0.05) is 23.7 Å². The summed E-state index contributed by atoms with van der Waals surface area (Å²) < 4.78 is 5.07. The number of carbonyl (C=O) groups excluding carboxylic acids is 1. The molecular formula is C15H12ClN5O2. The van der Waals surface area contributed by atoms with Crippen molar-refractivity contribution in [2.75, 3.05) is 12.4 Å². The molecule has 23 heavy (non-hydrogen) atoms. The number of tetrazole rings is 1. The normalized spacial score (nSPS) is 10.3. The van der Waals surface area contributed by atoms with E-state index in [2.05, 4.69) is 25.9 Å². The largest absolute Gasteiger partial charge is 0.497 e. The first-order valence-corrected chi connectivity index (χ1v) is 7.04. The highest BCUT2D eigenvalue weighted by Gasteiger charge is 2.12. The number of nitrogens with zero attached hydrogens (tertiary/aromatic N) is 3. The van der Waals surface area contributed by atoms with Crippen LogP contribution < -0.4 is 10.1 Å². The molecular weight excluding hydrogens is 318 g/mol. The van der Waals surface area contributed by atoms with Gasteiger partial charge in [0.25, 0.3) is 5.91 Å². The van der Waals surface area contributed by atoms with Crippen molar-refractivity contribution in [1.29, 1.82) is 0 Å². The number of H-pyrrole nitrogens is 1. The molecule has 7 nitrogen and oxygen atoms in total. The molecule has 8 heteroatoms.